The molecular formula is C16H26N2O. The average molecular weight is 262 g/mol. The molecule has 3 heteroatoms. The number of carbonyl (C=O) groups is 1. The van der Waals surface area contributed by atoms with Crippen molar-refractivity contribution in [1.82, 2.24) is 5.32 Å². The van der Waals surface area contributed by atoms with Gasteiger partial charge in [-0.3, -0.25) is 4.79 Å². The second-order valence-corrected chi connectivity index (χ2v) is 5.02. The molecule has 0 saturated carbocycles. The van der Waals surface area contributed by atoms with E-state index in [-0.39, 0.29) is 11.9 Å². The fraction of sp³-hybridized carbons (Fsp3) is 0.562. The molecule has 0 aliphatic rings. The Hall–Kier alpha value is -1.35. The molecule has 0 aromatic heterocycles. The first-order chi connectivity index (χ1) is 9.19. The number of amides is 1. The molecule has 106 valence electrons. The van der Waals surface area contributed by atoms with E-state index < -0.39 is 6.04 Å². The molecule has 1 aromatic carbocycles. The van der Waals surface area contributed by atoms with Crippen molar-refractivity contribution >= 4 is 5.91 Å². The van der Waals surface area contributed by atoms with E-state index in [1.54, 1.807) is 0 Å². The van der Waals surface area contributed by atoms with Crippen LogP contribution >= 0.6 is 0 Å². The molecule has 1 amide bonds. The van der Waals surface area contributed by atoms with Gasteiger partial charge in [-0.1, -0.05) is 63.4 Å². The highest BCUT2D eigenvalue weighted by Crippen LogP contribution is 2.12. The summed E-state index contributed by atoms with van der Waals surface area (Å²) >= 11 is 0. The summed E-state index contributed by atoms with van der Waals surface area (Å²) in [6.07, 6.45) is 5.44. The molecule has 0 fully saturated rings. The molecule has 0 spiro atoms. The summed E-state index contributed by atoms with van der Waals surface area (Å²) in [4.78, 5) is 12.2. The Labute approximate surface area is 116 Å². The second-order valence-electron chi connectivity index (χ2n) is 5.02. The first-order valence-electron chi connectivity index (χ1n) is 7.29. The van der Waals surface area contributed by atoms with Crippen LogP contribution in [0, 0.1) is 0 Å². The standard InChI is InChI=1S/C16H26N2O/c1-3-5-12-14(9-4-2)18-16(19)15(17)13-10-7-6-8-11-13/h6-8,10-11,14-15H,3-5,9,12,17H2,1-2H3,(H,18,19). The van der Waals surface area contributed by atoms with Crippen molar-refractivity contribution in [1.29, 1.82) is 0 Å². The molecule has 0 radical (unpaired) electrons. The summed E-state index contributed by atoms with van der Waals surface area (Å²) in [6.45, 7) is 4.31. The van der Waals surface area contributed by atoms with Gasteiger partial charge in [0.05, 0.1) is 0 Å². The van der Waals surface area contributed by atoms with Gasteiger partial charge in [0.25, 0.3) is 0 Å². The molecule has 1 rings (SSSR count). The van der Waals surface area contributed by atoms with Crippen LogP contribution < -0.4 is 11.1 Å². The lowest BCUT2D eigenvalue weighted by Crippen LogP contribution is -2.40. The van der Waals surface area contributed by atoms with Crippen LogP contribution in [-0.4, -0.2) is 11.9 Å². The molecule has 0 saturated heterocycles. The van der Waals surface area contributed by atoms with Gasteiger partial charge in [-0.15, -0.1) is 0 Å². The zero-order chi connectivity index (χ0) is 14.1. The lowest BCUT2D eigenvalue weighted by Gasteiger charge is -2.20. The topological polar surface area (TPSA) is 55.1 Å². The van der Waals surface area contributed by atoms with Crippen LogP contribution in [0.15, 0.2) is 30.3 Å². The quantitative estimate of drug-likeness (QED) is 0.756. The molecule has 2 atom stereocenters. The molecular weight excluding hydrogens is 236 g/mol. The summed E-state index contributed by atoms with van der Waals surface area (Å²) in [7, 11) is 0. The number of nitrogens with two attached hydrogens (primary N) is 1. The van der Waals surface area contributed by atoms with Crippen LogP contribution in [0.5, 0.6) is 0 Å². The number of nitrogens with one attached hydrogen (secondary N) is 1. The van der Waals surface area contributed by atoms with Crippen LogP contribution in [0.1, 0.15) is 57.6 Å². The molecule has 1 aromatic rings. The van der Waals surface area contributed by atoms with Crippen molar-refractivity contribution in [3.8, 4) is 0 Å². The van der Waals surface area contributed by atoms with Gasteiger partial charge >= 0.3 is 0 Å². The number of carbonyl (C=O) groups excluding carboxylic acids is 1. The van der Waals surface area contributed by atoms with Gasteiger partial charge in [-0.2, -0.15) is 0 Å². The van der Waals surface area contributed by atoms with Crippen LogP contribution in [0.25, 0.3) is 0 Å². The Bertz CT molecular complexity index is 364. The van der Waals surface area contributed by atoms with E-state index in [1.807, 2.05) is 30.3 Å². The summed E-state index contributed by atoms with van der Waals surface area (Å²) in [5, 5.41) is 3.09. The van der Waals surface area contributed by atoms with Gasteiger partial charge in [-0.05, 0) is 18.4 Å². The van der Waals surface area contributed by atoms with Crippen molar-refractivity contribution in [2.75, 3.05) is 0 Å². The number of unbranched alkanes of at least 4 members (excludes halogenated alkanes) is 1. The summed E-state index contributed by atoms with van der Waals surface area (Å²) in [5.41, 5.74) is 6.87. The van der Waals surface area contributed by atoms with Crippen molar-refractivity contribution in [2.24, 2.45) is 5.73 Å². The Kier molecular flexibility index (Phi) is 7.19. The lowest BCUT2D eigenvalue weighted by atomic mass is 10.0. The predicted octanol–water partition coefficient (Wildman–Crippen LogP) is 3.16. The molecule has 19 heavy (non-hydrogen) atoms. The first-order valence-corrected chi connectivity index (χ1v) is 7.29. The fourth-order valence-electron chi connectivity index (χ4n) is 2.19. The minimum atomic E-state index is -0.567. The molecule has 0 aliphatic heterocycles. The fourth-order valence-corrected chi connectivity index (χ4v) is 2.19. The molecule has 3 N–H and O–H groups in total. The first kappa shape index (κ1) is 15.7. The Morgan fingerprint density at radius 2 is 1.84 bits per heavy atom. The van der Waals surface area contributed by atoms with Gasteiger partial charge in [0.1, 0.15) is 6.04 Å². The zero-order valence-corrected chi connectivity index (χ0v) is 12.1. The van der Waals surface area contributed by atoms with Crippen LogP contribution in [-0.2, 0) is 4.79 Å². The predicted molar refractivity (Wildman–Crippen MR) is 79.7 cm³/mol. The van der Waals surface area contributed by atoms with Gasteiger partial charge in [0, 0.05) is 6.04 Å². The van der Waals surface area contributed by atoms with E-state index in [0.717, 1.165) is 37.7 Å². The lowest BCUT2D eigenvalue weighted by molar-refractivity contribution is -0.123. The second kappa shape index (κ2) is 8.70. The largest absolute Gasteiger partial charge is 0.352 e. The number of rotatable bonds is 8. The highest BCUT2D eigenvalue weighted by atomic mass is 16.2. The van der Waals surface area contributed by atoms with Crippen LogP contribution in [0.2, 0.25) is 0 Å². The Morgan fingerprint density at radius 1 is 1.16 bits per heavy atom. The van der Waals surface area contributed by atoms with E-state index in [9.17, 15) is 4.79 Å². The smallest absolute Gasteiger partial charge is 0.241 e. The van der Waals surface area contributed by atoms with Crippen molar-refractivity contribution in [3.63, 3.8) is 0 Å². The summed E-state index contributed by atoms with van der Waals surface area (Å²) in [6, 6.07) is 9.21. The molecule has 0 heterocycles. The van der Waals surface area contributed by atoms with Gasteiger partial charge in [0.15, 0.2) is 0 Å². The highest BCUT2D eigenvalue weighted by molar-refractivity contribution is 5.83. The van der Waals surface area contributed by atoms with E-state index in [0.29, 0.717) is 0 Å². The zero-order valence-electron chi connectivity index (χ0n) is 12.1. The molecule has 2 unspecified atom stereocenters. The normalized spacial score (nSPS) is 13.8. The van der Waals surface area contributed by atoms with Gasteiger partial charge in [-0.25, -0.2) is 0 Å². The third-order valence-electron chi connectivity index (χ3n) is 3.33. The average Bonchev–Trinajstić information content (AvgIpc) is 2.45. The SMILES string of the molecule is CCCCC(CCC)NC(=O)C(N)c1ccccc1. The highest BCUT2D eigenvalue weighted by Gasteiger charge is 2.18. The minimum Gasteiger partial charge on any atom is -0.352 e. The van der Waals surface area contributed by atoms with Gasteiger partial charge < -0.3 is 11.1 Å². The molecule has 0 bridgehead atoms. The Morgan fingerprint density at radius 3 is 2.42 bits per heavy atom. The third kappa shape index (κ3) is 5.43. The third-order valence-corrected chi connectivity index (χ3v) is 3.33. The maximum absolute atomic E-state index is 12.2. The van der Waals surface area contributed by atoms with Crippen LogP contribution in [0.3, 0.4) is 0 Å². The van der Waals surface area contributed by atoms with Crippen molar-refractivity contribution in [2.45, 2.75) is 58.0 Å². The summed E-state index contributed by atoms with van der Waals surface area (Å²) in [5.74, 6) is -0.0687. The van der Waals surface area contributed by atoms with Crippen molar-refractivity contribution < 1.29 is 4.79 Å². The molecule has 0 aliphatic carbocycles. The van der Waals surface area contributed by atoms with Gasteiger partial charge in [0.2, 0.25) is 5.91 Å². The monoisotopic (exact) mass is 262 g/mol. The van der Waals surface area contributed by atoms with Crippen LogP contribution in [0.4, 0.5) is 0 Å². The number of benzene rings is 1. The van der Waals surface area contributed by atoms with E-state index in [1.165, 1.54) is 0 Å². The number of hydrogen-bond donors (Lipinski definition) is 2. The van der Waals surface area contributed by atoms with E-state index in [2.05, 4.69) is 19.2 Å². The van der Waals surface area contributed by atoms with E-state index >= 15 is 0 Å². The maximum Gasteiger partial charge on any atom is 0.241 e. The van der Waals surface area contributed by atoms with Crippen molar-refractivity contribution in [3.05, 3.63) is 35.9 Å². The maximum atomic E-state index is 12.2. The summed E-state index contributed by atoms with van der Waals surface area (Å²) < 4.78 is 0. The number of hydrogen-bond acceptors (Lipinski definition) is 2. The van der Waals surface area contributed by atoms with E-state index in [4.69, 9.17) is 5.73 Å². The minimum absolute atomic E-state index is 0.0687. The Balaban J connectivity index is 2.55. The molecule has 3 nitrogen and oxygen atoms in total.